The lowest BCUT2D eigenvalue weighted by Crippen LogP contribution is -2.43. The number of hydrogen-bond donors (Lipinski definition) is 3. The summed E-state index contributed by atoms with van der Waals surface area (Å²) >= 11 is 0. The number of methoxy groups -OCH3 is 1. The molecule has 0 atom stereocenters. The summed E-state index contributed by atoms with van der Waals surface area (Å²) in [6.45, 7) is 10.6. The second kappa shape index (κ2) is 13.6. The maximum atomic E-state index is 13.9. The quantitative estimate of drug-likeness (QED) is 0.148. The Morgan fingerprint density at radius 2 is 1.73 bits per heavy atom. The average molecular weight is 623 g/mol. The molecule has 44 heavy (non-hydrogen) atoms. The Morgan fingerprint density at radius 1 is 1.02 bits per heavy atom. The van der Waals surface area contributed by atoms with Crippen molar-refractivity contribution in [2.75, 3.05) is 20.3 Å². The summed E-state index contributed by atoms with van der Waals surface area (Å²) in [5.74, 6) is 1.88. The molecule has 0 saturated heterocycles. The van der Waals surface area contributed by atoms with Crippen LogP contribution in [-0.4, -0.2) is 67.1 Å². The fraction of sp³-hybridized carbons (Fsp3) is 0.545. The van der Waals surface area contributed by atoms with Crippen LogP contribution in [0.3, 0.4) is 0 Å². The second-order valence-corrected chi connectivity index (χ2v) is 19.0. The number of benzene rings is 1. The Kier molecular flexibility index (Phi) is 9.84. The number of pyridine rings is 1. The number of rotatable bonds is 13. The standard InChI is InChI=1S/C33H46N4O6Si/c1-21-29(32(38)35-23-8-10-24(11-9-23)36-33(39)40)30-31(37(21)20-42-16-17-44(3,4)5)27(14-15-34-30)26-13-12-25(41-2)18-28(26)43-19-22-6-7-22/h12-15,18,22-24,36H,6-11,16-17,19-20H2,1-5H3,(H,35,38)(H,39,40). The van der Waals surface area contributed by atoms with Gasteiger partial charge < -0.3 is 34.5 Å². The number of carbonyl (C=O) groups excluding carboxylic acids is 1. The SMILES string of the molecule is COc1ccc(-c2ccnc3c(C(=O)NC4CCC(NC(=O)O)CC4)c(C)n(COCC[Si](C)(C)C)c23)c(OCC2CC2)c1. The zero-order chi connectivity index (χ0) is 31.4. The molecule has 0 aliphatic heterocycles. The van der Waals surface area contributed by atoms with Gasteiger partial charge >= 0.3 is 6.09 Å². The molecule has 2 aromatic heterocycles. The van der Waals surface area contributed by atoms with E-state index in [-0.39, 0.29) is 18.0 Å². The summed E-state index contributed by atoms with van der Waals surface area (Å²) in [5.41, 5.74) is 4.61. The molecule has 1 aromatic carbocycles. The van der Waals surface area contributed by atoms with Crippen LogP contribution in [-0.2, 0) is 11.5 Å². The minimum Gasteiger partial charge on any atom is -0.497 e. The zero-order valence-electron chi connectivity index (χ0n) is 26.6. The lowest BCUT2D eigenvalue weighted by atomic mass is 9.91. The van der Waals surface area contributed by atoms with Gasteiger partial charge in [0.1, 0.15) is 23.7 Å². The van der Waals surface area contributed by atoms with E-state index in [9.17, 15) is 9.59 Å². The van der Waals surface area contributed by atoms with E-state index in [4.69, 9.17) is 24.3 Å². The Morgan fingerprint density at radius 3 is 2.36 bits per heavy atom. The van der Waals surface area contributed by atoms with Crippen molar-refractivity contribution in [3.8, 4) is 22.6 Å². The molecule has 0 bridgehead atoms. The molecular formula is C33H46N4O6Si. The van der Waals surface area contributed by atoms with Crippen LogP contribution in [0, 0.1) is 12.8 Å². The summed E-state index contributed by atoms with van der Waals surface area (Å²) in [6.07, 6.45) is 5.91. The third-order valence-corrected chi connectivity index (χ3v) is 10.4. The number of carboxylic acid groups (broad SMARTS) is 1. The van der Waals surface area contributed by atoms with E-state index in [0.717, 1.165) is 39.9 Å². The molecule has 0 radical (unpaired) electrons. The predicted molar refractivity (Wildman–Crippen MR) is 173 cm³/mol. The van der Waals surface area contributed by atoms with Gasteiger partial charge in [0.25, 0.3) is 5.91 Å². The molecule has 2 aliphatic carbocycles. The van der Waals surface area contributed by atoms with Gasteiger partial charge in [-0.25, -0.2) is 4.79 Å². The van der Waals surface area contributed by atoms with E-state index in [2.05, 4.69) is 34.8 Å². The highest BCUT2D eigenvalue weighted by molar-refractivity contribution is 6.76. The molecule has 2 aliphatic rings. The van der Waals surface area contributed by atoms with E-state index in [1.54, 1.807) is 13.3 Å². The Bertz CT molecular complexity index is 1490. The topological polar surface area (TPSA) is 124 Å². The third-order valence-electron chi connectivity index (χ3n) is 8.68. The average Bonchev–Trinajstić information content (AvgIpc) is 3.76. The van der Waals surface area contributed by atoms with Crippen LogP contribution in [0.25, 0.3) is 22.2 Å². The highest BCUT2D eigenvalue weighted by Gasteiger charge is 2.29. The van der Waals surface area contributed by atoms with Crippen molar-refractivity contribution in [2.24, 2.45) is 5.92 Å². The smallest absolute Gasteiger partial charge is 0.404 e. The predicted octanol–water partition coefficient (Wildman–Crippen LogP) is 6.43. The molecule has 238 valence electrons. The zero-order valence-corrected chi connectivity index (χ0v) is 27.6. The van der Waals surface area contributed by atoms with Crippen molar-refractivity contribution in [3.05, 3.63) is 41.7 Å². The Labute approximate surface area is 260 Å². The fourth-order valence-corrected chi connectivity index (χ4v) is 6.60. The van der Waals surface area contributed by atoms with E-state index >= 15 is 0 Å². The van der Waals surface area contributed by atoms with Crippen molar-refractivity contribution in [2.45, 2.75) is 89.9 Å². The molecule has 2 fully saturated rings. The van der Waals surface area contributed by atoms with Crippen molar-refractivity contribution in [3.63, 3.8) is 0 Å². The lowest BCUT2D eigenvalue weighted by Gasteiger charge is -2.28. The number of nitrogens with zero attached hydrogens (tertiary/aromatic N) is 2. The van der Waals surface area contributed by atoms with Crippen LogP contribution in [0.4, 0.5) is 4.79 Å². The minimum absolute atomic E-state index is 0.0349. The van der Waals surface area contributed by atoms with Gasteiger partial charge in [0.2, 0.25) is 0 Å². The molecule has 2 amide bonds. The molecule has 5 rings (SSSR count). The number of aromatic nitrogens is 2. The summed E-state index contributed by atoms with van der Waals surface area (Å²) in [6, 6.07) is 8.77. The number of ether oxygens (including phenoxy) is 3. The maximum Gasteiger partial charge on any atom is 0.404 e. The lowest BCUT2D eigenvalue weighted by molar-refractivity contribution is 0.0878. The largest absolute Gasteiger partial charge is 0.497 e. The Balaban J connectivity index is 1.50. The number of hydrogen-bond acceptors (Lipinski definition) is 6. The van der Waals surface area contributed by atoms with Gasteiger partial charge in [-0.3, -0.25) is 9.78 Å². The summed E-state index contributed by atoms with van der Waals surface area (Å²) in [7, 11) is 0.365. The number of carbonyl (C=O) groups is 2. The first kappa shape index (κ1) is 31.8. The van der Waals surface area contributed by atoms with Gasteiger partial charge in [0, 0.05) is 55.8 Å². The van der Waals surface area contributed by atoms with Gasteiger partial charge in [-0.05, 0) is 75.6 Å². The van der Waals surface area contributed by atoms with Crippen LogP contribution >= 0.6 is 0 Å². The summed E-state index contributed by atoms with van der Waals surface area (Å²) in [5, 5.41) is 14.9. The third kappa shape index (κ3) is 7.73. The number of amides is 2. The van der Waals surface area contributed by atoms with Crippen molar-refractivity contribution in [1.82, 2.24) is 20.2 Å². The van der Waals surface area contributed by atoms with Gasteiger partial charge in [0.15, 0.2) is 0 Å². The second-order valence-electron chi connectivity index (χ2n) is 13.4. The van der Waals surface area contributed by atoms with E-state index in [0.29, 0.717) is 62.6 Å². The van der Waals surface area contributed by atoms with Crippen LogP contribution in [0.5, 0.6) is 11.5 Å². The van der Waals surface area contributed by atoms with E-state index in [1.165, 1.54) is 12.8 Å². The van der Waals surface area contributed by atoms with Gasteiger partial charge in [0.05, 0.1) is 24.8 Å². The van der Waals surface area contributed by atoms with Crippen molar-refractivity contribution >= 4 is 31.1 Å². The van der Waals surface area contributed by atoms with Crippen LogP contribution < -0.4 is 20.1 Å². The van der Waals surface area contributed by atoms with Crippen LogP contribution in [0.1, 0.15) is 54.6 Å². The molecule has 0 spiro atoms. The fourth-order valence-electron chi connectivity index (χ4n) is 5.85. The molecule has 10 nitrogen and oxygen atoms in total. The van der Waals surface area contributed by atoms with Crippen LogP contribution in [0.15, 0.2) is 30.5 Å². The highest BCUT2D eigenvalue weighted by atomic mass is 28.3. The first-order valence-corrected chi connectivity index (χ1v) is 19.4. The van der Waals surface area contributed by atoms with Gasteiger partial charge in [-0.1, -0.05) is 19.6 Å². The van der Waals surface area contributed by atoms with Gasteiger partial charge in [-0.2, -0.15) is 0 Å². The monoisotopic (exact) mass is 622 g/mol. The maximum absolute atomic E-state index is 13.9. The number of fused-ring (bicyclic) bond motifs is 1. The molecule has 3 N–H and O–H groups in total. The molecule has 3 aromatic rings. The first-order chi connectivity index (χ1) is 21.0. The first-order valence-electron chi connectivity index (χ1n) is 15.7. The van der Waals surface area contributed by atoms with Crippen LogP contribution in [0.2, 0.25) is 25.7 Å². The van der Waals surface area contributed by atoms with E-state index < -0.39 is 14.2 Å². The molecule has 2 heterocycles. The van der Waals surface area contributed by atoms with Crippen molar-refractivity contribution < 1.29 is 28.9 Å². The summed E-state index contributed by atoms with van der Waals surface area (Å²) in [4.78, 5) is 29.7. The molecule has 11 heteroatoms. The molecule has 0 unspecified atom stereocenters. The summed E-state index contributed by atoms with van der Waals surface area (Å²) < 4.78 is 20.2. The highest BCUT2D eigenvalue weighted by Crippen LogP contribution is 2.40. The van der Waals surface area contributed by atoms with Gasteiger partial charge in [-0.15, -0.1) is 0 Å². The Hall–Kier alpha value is -3.57. The molecule has 2 saturated carbocycles. The minimum atomic E-state index is -1.28. The normalized spacial score (nSPS) is 18.7. The van der Waals surface area contributed by atoms with Crippen molar-refractivity contribution in [1.29, 1.82) is 0 Å². The van der Waals surface area contributed by atoms with E-state index in [1.807, 2.05) is 31.2 Å². The number of nitrogens with one attached hydrogen (secondary N) is 2. The molecular weight excluding hydrogens is 576 g/mol.